The van der Waals surface area contributed by atoms with Gasteiger partial charge in [-0.15, -0.1) is 0 Å². The number of hydrogen-bond acceptors (Lipinski definition) is 1. The van der Waals surface area contributed by atoms with Gasteiger partial charge in [-0.1, -0.05) is 109 Å². The highest BCUT2D eigenvalue weighted by Crippen LogP contribution is 2.45. The van der Waals surface area contributed by atoms with Crippen molar-refractivity contribution in [3.63, 3.8) is 0 Å². The molecule has 2 nitrogen and oxygen atoms in total. The molecule has 0 fully saturated rings. The minimum Gasteiger partial charge on any atom is -0.354 e. The van der Waals surface area contributed by atoms with Crippen LogP contribution in [0.2, 0.25) is 5.02 Å². The van der Waals surface area contributed by atoms with Crippen LogP contribution in [0.15, 0.2) is 109 Å². The Kier molecular flexibility index (Phi) is 4.52. The van der Waals surface area contributed by atoms with Gasteiger partial charge in [-0.2, -0.15) is 0 Å². The maximum Gasteiger partial charge on any atom is 0.0930 e. The van der Waals surface area contributed by atoms with Gasteiger partial charge in [0.05, 0.1) is 21.9 Å². The molecule has 32 heavy (non-hydrogen) atoms. The molecule has 0 aliphatic rings. The third kappa shape index (κ3) is 3.00. The number of halogens is 1. The summed E-state index contributed by atoms with van der Waals surface area (Å²) < 4.78 is 0. The number of rotatable bonds is 3. The molecule has 4 aromatic carbocycles. The van der Waals surface area contributed by atoms with Crippen LogP contribution in [-0.2, 0) is 0 Å². The summed E-state index contributed by atoms with van der Waals surface area (Å²) in [7, 11) is 0. The van der Waals surface area contributed by atoms with E-state index in [1.807, 2.05) is 42.5 Å². The van der Waals surface area contributed by atoms with Gasteiger partial charge in [-0.3, -0.25) is 0 Å². The number of aromatic nitrogens is 2. The molecule has 2 heterocycles. The highest BCUT2D eigenvalue weighted by atomic mass is 35.5. The van der Waals surface area contributed by atoms with Crippen LogP contribution in [0, 0.1) is 0 Å². The van der Waals surface area contributed by atoms with E-state index in [1.54, 1.807) is 0 Å². The van der Waals surface area contributed by atoms with E-state index in [1.165, 1.54) is 0 Å². The summed E-state index contributed by atoms with van der Waals surface area (Å²) in [4.78, 5) is 8.70. The molecule has 152 valence electrons. The van der Waals surface area contributed by atoms with Gasteiger partial charge in [0.2, 0.25) is 0 Å². The highest BCUT2D eigenvalue weighted by molar-refractivity contribution is 6.38. The average Bonchev–Trinajstić information content (AvgIpc) is 3.24. The molecule has 0 amide bonds. The molecule has 6 aromatic rings. The molecule has 0 saturated heterocycles. The van der Waals surface area contributed by atoms with Crippen LogP contribution in [0.25, 0.3) is 55.4 Å². The lowest BCUT2D eigenvalue weighted by molar-refractivity contribution is 1.39. The monoisotopic (exact) mass is 430 g/mol. The maximum absolute atomic E-state index is 7.20. The first-order valence-electron chi connectivity index (χ1n) is 10.6. The number of nitrogens with zero attached hydrogens (tertiary/aromatic N) is 1. The molecule has 0 bridgehead atoms. The Hall–Kier alpha value is -3.88. The number of H-pyrrole nitrogens is 1. The molecule has 0 aliphatic heterocycles. The van der Waals surface area contributed by atoms with Crippen molar-refractivity contribution < 1.29 is 0 Å². The van der Waals surface area contributed by atoms with E-state index < -0.39 is 0 Å². The second kappa shape index (κ2) is 7.67. The van der Waals surface area contributed by atoms with E-state index in [0.29, 0.717) is 5.02 Å². The van der Waals surface area contributed by atoms with Crippen LogP contribution < -0.4 is 0 Å². The molecular formula is C29H19ClN2. The predicted molar refractivity (Wildman–Crippen MR) is 135 cm³/mol. The molecular weight excluding hydrogens is 412 g/mol. The standard InChI is InChI=1S/C29H19ClN2/c30-27-25(19-11-3-1-4-12-19)21-15-7-9-17-23(21)32-29(27)26-22-16-8-10-18-24(22)31-28(26)20-13-5-2-6-14-20/h1-18,31H. The van der Waals surface area contributed by atoms with Crippen LogP contribution in [0.4, 0.5) is 0 Å². The van der Waals surface area contributed by atoms with E-state index >= 15 is 0 Å². The molecule has 6 rings (SSSR count). The van der Waals surface area contributed by atoms with Crippen molar-refractivity contribution in [3.05, 3.63) is 114 Å². The first-order valence-corrected chi connectivity index (χ1v) is 11.0. The quantitative estimate of drug-likeness (QED) is 0.300. The van der Waals surface area contributed by atoms with Gasteiger partial charge >= 0.3 is 0 Å². The van der Waals surface area contributed by atoms with Gasteiger partial charge < -0.3 is 4.98 Å². The summed E-state index contributed by atoms with van der Waals surface area (Å²) in [5, 5.41) is 2.82. The van der Waals surface area contributed by atoms with Gasteiger partial charge in [0.15, 0.2) is 0 Å². The Labute approximate surface area is 191 Å². The summed E-state index contributed by atoms with van der Waals surface area (Å²) in [6.07, 6.45) is 0. The van der Waals surface area contributed by atoms with Gasteiger partial charge in [0.25, 0.3) is 0 Å². The Morgan fingerprint density at radius 2 is 1.16 bits per heavy atom. The van der Waals surface area contributed by atoms with Crippen LogP contribution in [-0.4, -0.2) is 9.97 Å². The summed E-state index contributed by atoms with van der Waals surface area (Å²) in [6, 6.07) is 37.2. The summed E-state index contributed by atoms with van der Waals surface area (Å²) >= 11 is 7.20. The van der Waals surface area contributed by atoms with E-state index in [9.17, 15) is 0 Å². The Morgan fingerprint density at radius 1 is 0.562 bits per heavy atom. The summed E-state index contributed by atoms with van der Waals surface area (Å²) in [6.45, 7) is 0. The van der Waals surface area contributed by atoms with E-state index in [4.69, 9.17) is 16.6 Å². The van der Waals surface area contributed by atoms with E-state index in [0.717, 1.165) is 55.4 Å². The average molecular weight is 431 g/mol. The summed E-state index contributed by atoms with van der Waals surface area (Å²) in [5.74, 6) is 0. The molecule has 0 radical (unpaired) electrons. The lowest BCUT2D eigenvalue weighted by Crippen LogP contribution is -1.93. The van der Waals surface area contributed by atoms with Crippen LogP contribution in [0.5, 0.6) is 0 Å². The fourth-order valence-electron chi connectivity index (χ4n) is 4.45. The van der Waals surface area contributed by atoms with Crippen LogP contribution in [0.3, 0.4) is 0 Å². The van der Waals surface area contributed by atoms with Gasteiger partial charge in [0.1, 0.15) is 0 Å². The van der Waals surface area contributed by atoms with Crippen LogP contribution >= 0.6 is 11.6 Å². The Bertz CT molecular complexity index is 1570. The number of fused-ring (bicyclic) bond motifs is 2. The predicted octanol–water partition coefficient (Wildman–Crippen LogP) is 8.37. The molecule has 0 saturated carbocycles. The molecule has 2 aromatic heterocycles. The van der Waals surface area contributed by atoms with Gasteiger partial charge in [-0.05, 0) is 23.3 Å². The van der Waals surface area contributed by atoms with Crippen molar-refractivity contribution >= 4 is 33.4 Å². The number of hydrogen-bond donors (Lipinski definition) is 1. The largest absolute Gasteiger partial charge is 0.354 e. The lowest BCUT2D eigenvalue weighted by Gasteiger charge is -2.14. The van der Waals surface area contributed by atoms with Gasteiger partial charge in [-0.25, -0.2) is 4.98 Å². The van der Waals surface area contributed by atoms with Crippen molar-refractivity contribution in [3.8, 4) is 33.6 Å². The third-order valence-corrected chi connectivity index (χ3v) is 6.27. The zero-order chi connectivity index (χ0) is 21.5. The zero-order valence-corrected chi connectivity index (χ0v) is 18.0. The fourth-order valence-corrected chi connectivity index (χ4v) is 4.80. The van der Waals surface area contributed by atoms with Crippen molar-refractivity contribution in [2.45, 2.75) is 0 Å². The van der Waals surface area contributed by atoms with Gasteiger partial charge in [0, 0.05) is 27.4 Å². The number of benzene rings is 4. The first-order chi connectivity index (χ1) is 15.8. The fraction of sp³-hybridized carbons (Fsp3) is 0. The lowest BCUT2D eigenvalue weighted by atomic mass is 9.96. The highest BCUT2D eigenvalue weighted by Gasteiger charge is 2.22. The first kappa shape index (κ1) is 18.9. The number of aromatic amines is 1. The second-order valence-electron chi connectivity index (χ2n) is 7.82. The second-order valence-corrected chi connectivity index (χ2v) is 8.20. The van der Waals surface area contributed by atoms with Crippen LogP contribution in [0.1, 0.15) is 0 Å². The molecule has 0 unspecified atom stereocenters. The molecule has 3 heteroatoms. The number of pyridine rings is 1. The Balaban J connectivity index is 1.75. The molecule has 1 N–H and O–H groups in total. The van der Waals surface area contributed by atoms with Crippen molar-refractivity contribution in [1.29, 1.82) is 0 Å². The topological polar surface area (TPSA) is 28.7 Å². The minimum atomic E-state index is 0.664. The summed E-state index contributed by atoms with van der Waals surface area (Å²) in [5.41, 5.74) is 8.03. The van der Waals surface area contributed by atoms with E-state index in [-0.39, 0.29) is 0 Å². The third-order valence-electron chi connectivity index (χ3n) is 5.90. The minimum absolute atomic E-state index is 0.664. The van der Waals surface area contributed by atoms with Crippen molar-refractivity contribution in [2.24, 2.45) is 0 Å². The normalized spacial score (nSPS) is 11.3. The smallest absolute Gasteiger partial charge is 0.0930 e. The SMILES string of the molecule is Clc1c(-c2c(-c3ccccc3)[nH]c3ccccc23)nc2ccccc2c1-c1ccccc1. The molecule has 0 atom stereocenters. The maximum atomic E-state index is 7.20. The number of para-hydroxylation sites is 2. The van der Waals surface area contributed by atoms with Crippen molar-refractivity contribution in [2.75, 3.05) is 0 Å². The molecule has 0 spiro atoms. The zero-order valence-electron chi connectivity index (χ0n) is 17.2. The Morgan fingerprint density at radius 3 is 1.91 bits per heavy atom. The van der Waals surface area contributed by atoms with Crippen molar-refractivity contribution in [1.82, 2.24) is 9.97 Å². The molecule has 0 aliphatic carbocycles. The number of nitrogens with one attached hydrogen (secondary N) is 1. The van der Waals surface area contributed by atoms with E-state index in [2.05, 4.69) is 71.7 Å².